The summed E-state index contributed by atoms with van der Waals surface area (Å²) in [6.07, 6.45) is 16.5. The van der Waals surface area contributed by atoms with Gasteiger partial charge in [-0.3, -0.25) is 4.79 Å². The highest BCUT2D eigenvalue weighted by atomic mass is 16.7. The van der Waals surface area contributed by atoms with Crippen LogP contribution in [0.4, 0.5) is 0 Å². The summed E-state index contributed by atoms with van der Waals surface area (Å²) in [4.78, 5) is 12.2. The lowest BCUT2D eigenvalue weighted by Gasteiger charge is -2.30. The Morgan fingerprint density at radius 2 is 1.81 bits per heavy atom. The number of Topliss-reactive ketones (excluding diaryl/α,β-unsaturated/α-hetero) is 1. The summed E-state index contributed by atoms with van der Waals surface area (Å²) < 4.78 is 11.8. The zero-order chi connectivity index (χ0) is 19.2. The average molecular weight is 373 g/mol. The van der Waals surface area contributed by atoms with E-state index in [1.54, 1.807) is 0 Å². The van der Waals surface area contributed by atoms with Gasteiger partial charge < -0.3 is 9.47 Å². The molecule has 0 saturated carbocycles. The number of hydrogen-bond donors (Lipinski definition) is 0. The van der Waals surface area contributed by atoms with E-state index in [1.807, 2.05) is 30.3 Å². The molecular formula is C24H36O3. The number of unbranched alkanes of at least 4 members (excludes halogenated alkanes) is 5. The molecule has 0 radical (unpaired) electrons. The van der Waals surface area contributed by atoms with E-state index in [0.29, 0.717) is 6.42 Å². The minimum Gasteiger partial charge on any atom is -0.353 e. The van der Waals surface area contributed by atoms with Gasteiger partial charge in [-0.25, -0.2) is 0 Å². The zero-order valence-corrected chi connectivity index (χ0v) is 16.9. The Morgan fingerprint density at radius 1 is 1.04 bits per heavy atom. The average Bonchev–Trinajstić information content (AvgIpc) is 2.72. The highest BCUT2D eigenvalue weighted by molar-refractivity contribution is 5.95. The van der Waals surface area contributed by atoms with Crippen LogP contribution in [0.25, 0.3) is 0 Å². The molecule has 150 valence electrons. The molecule has 2 unspecified atom stereocenters. The van der Waals surface area contributed by atoms with Gasteiger partial charge in [0.25, 0.3) is 0 Å². The van der Waals surface area contributed by atoms with E-state index in [1.165, 1.54) is 38.5 Å². The molecule has 0 aromatic heterocycles. The summed E-state index contributed by atoms with van der Waals surface area (Å²) in [6, 6.07) is 9.52. The van der Waals surface area contributed by atoms with Crippen molar-refractivity contribution in [2.45, 2.75) is 89.9 Å². The highest BCUT2D eigenvalue weighted by Crippen LogP contribution is 2.21. The molecule has 1 aromatic rings. The number of rotatable bonds is 13. The van der Waals surface area contributed by atoms with E-state index in [9.17, 15) is 4.79 Å². The number of benzene rings is 1. The van der Waals surface area contributed by atoms with Crippen molar-refractivity contribution >= 4 is 5.78 Å². The molecule has 3 heteroatoms. The van der Waals surface area contributed by atoms with Gasteiger partial charge in [-0.2, -0.15) is 0 Å². The van der Waals surface area contributed by atoms with E-state index < -0.39 is 0 Å². The van der Waals surface area contributed by atoms with Crippen LogP contribution in [0.2, 0.25) is 0 Å². The van der Waals surface area contributed by atoms with Gasteiger partial charge in [0, 0.05) is 18.4 Å². The van der Waals surface area contributed by atoms with Gasteiger partial charge in [0.15, 0.2) is 12.1 Å². The second-order valence-corrected chi connectivity index (χ2v) is 7.43. The van der Waals surface area contributed by atoms with Crippen LogP contribution in [0.1, 0.15) is 87.9 Å². The molecule has 0 N–H and O–H groups in total. The summed E-state index contributed by atoms with van der Waals surface area (Å²) in [5, 5.41) is 0. The molecule has 0 bridgehead atoms. The van der Waals surface area contributed by atoms with Crippen molar-refractivity contribution in [1.82, 2.24) is 0 Å². The van der Waals surface area contributed by atoms with Crippen molar-refractivity contribution < 1.29 is 14.3 Å². The second-order valence-electron chi connectivity index (χ2n) is 7.43. The van der Waals surface area contributed by atoms with Gasteiger partial charge in [-0.15, -0.1) is 0 Å². The Labute approximate surface area is 165 Å². The number of allylic oxidation sites excluding steroid dienone is 2. The van der Waals surface area contributed by atoms with Crippen LogP contribution in [-0.4, -0.2) is 24.8 Å². The van der Waals surface area contributed by atoms with Gasteiger partial charge in [0.1, 0.15) is 0 Å². The van der Waals surface area contributed by atoms with E-state index in [2.05, 4.69) is 19.1 Å². The highest BCUT2D eigenvalue weighted by Gasteiger charge is 2.23. The van der Waals surface area contributed by atoms with Gasteiger partial charge in [0.05, 0.1) is 12.7 Å². The van der Waals surface area contributed by atoms with Crippen LogP contribution in [-0.2, 0) is 9.47 Å². The normalized spacial score (nSPS) is 20.2. The summed E-state index contributed by atoms with van der Waals surface area (Å²) in [5.41, 5.74) is 0.793. The van der Waals surface area contributed by atoms with Crippen molar-refractivity contribution in [3.63, 3.8) is 0 Å². The van der Waals surface area contributed by atoms with Crippen molar-refractivity contribution in [3.8, 4) is 0 Å². The second kappa shape index (κ2) is 13.7. The monoisotopic (exact) mass is 372 g/mol. The van der Waals surface area contributed by atoms with E-state index >= 15 is 0 Å². The number of carbonyl (C=O) groups excluding carboxylic acids is 1. The first-order valence-corrected chi connectivity index (χ1v) is 10.8. The molecule has 0 aliphatic carbocycles. The van der Waals surface area contributed by atoms with Gasteiger partial charge in [0.2, 0.25) is 0 Å². The largest absolute Gasteiger partial charge is 0.353 e. The molecule has 1 fully saturated rings. The van der Waals surface area contributed by atoms with Gasteiger partial charge in [-0.05, 0) is 32.1 Å². The van der Waals surface area contributed by atoms with Gasteiger partial charge >= 0.3 is 0 Å². The third-order valence-electron chi connectivity index (χ3n) is 5.09. The Balaban J connectivity index is 1.56. The van der Waals surface area contributed by atoms with Crippen LogP contribution in [0.15, 0.2) is 42.5 Å². The lowest BCUT2D eigenvalue weighted by atomic mass is 10.0. The third kappa shape index (κ3) is 9.34. The van der Waals surface area contributed by atoms with Crippen LogP contribution in [0, 0.1) is 0 Å². The van der Waals surface area contributed by atoms with Crippen LogP contribution in [0.5, 0.6) is 0 Å². The first-order chi connectivity index (χ1) is 13.3. The molecule has 1 heterocycles. The smallest absolute Gasteiger partial charge is 0.162 e. The Kier molecular flexibility index (Phi) is 11.1. The molecule has 0 amide bonds. The predicted molar refractivity (Wildman–Crippen MR) is 111 cm³/mol. The SMILES string of the molecule is CCCCCCC/C=C\CCC1OCCC(CCC(=O)c2ccccc2)O1. The number of hydrogen-bond acceptors (Lipinski definition) is 3. The molecule has 2 rings (SSSR count). The molecule has 0 spiro atoms. The molecule has 1 aliphatic heterocycles. The molecule has 2 atom stereocenters. The maximum absolute atomic E-state index is 12.2. The van der Waals surface area contributed by atoms with Crippen molar-refractivity contribution in [1.29, 1.82) is 0 Å². The minimum absolute atomic E-state index is 0.121. The summed E-state index contributed by atoms with van der Waals surface area (Å²) >= 11 is 0. The standard InChI is InChI=1S/C24H36O3/c1-2-3-4-5-6-7-8-9-13-16-24-26-20-19-22(27-24)17-18-23(25)21-14-11-10-12-15-21/h8-12,14-15,22,24H,2-7,13,16-20H2,1H3/b9-8-. The molecule has 27 heavy (non-hydrogen) atoms. The van der Waals surface area contributed by atoms with Crippen molar-refractivity contribution in [2.24, 2.45) is 0 Å². The lowest BCUT2D eigenvalue weighted by molar-refractivity contribution is -0.215. The van der Waals surface area contributed by atoms with E-state index in [0.717, 1.165) is 37.9 Å². The first-order valence-electron chi connectivity index (χ1n) is 10.8. The molecule has 1 saturated heterocycles. The summed E-state index contributed by atoms with van der Waals surface area (Å²) in [5.74, 6) is 0.198. The van der Waals surface area contributed by atoms with Crippen LogP contribution >= 0.6 is 0 Å². The Hall–Kier alpha value is -1.45. The molecule has 1 aliphatic rings. The number of ether oxygens (including phenoxy) is 2. The maximum Gasteiger partial charge on any atom is 0.162 e. The maximum atomic E-state index is 12.2. The van der Waals surface area contributed by atoms with Crippen LogP contribution in [0.3, 0.4) is 0 Å². The molecular weight excluding hydrogens is 336 g/mol. The fraction of sp³-hybridized carbons (Fsp3) is 0.625. The lowest BCUT2D eigenvalue weighted by Crippen LogP contribution is -2.32. The third-order valence-corrected chi connectivity index (χ3v) is 5.09. The van der Waals surface area contributed by atoms with Crippen molar-refractivity contribution in [2.75, 3.05) is 6.61 Å². The summed E-state index contributed by atoms with van der Waals surface area (Å²) in [7, 11) is 0. The van der Waals surface area contributed by atoms with E-state index in [4.69, 9.17) is 9.47 Å². The zero-order valence-electron chi connectivity index (χ0n) is 16.9. The fourth-order valence-corrected chi connectivity index (χ4v) is 3.41. The van der Waals surface area contributed by atoms with Crippen LogP contribution < -0.4 is 0 Å². The van der Waals surface area contributed by atoms with E-state index in [-0.39, 0.29) is 18.2 Å². The Morgan fingerprint density at radius 3 is 2.63 bits per heavy atom. The first kappa shape index (κ1) is 21.8. The minimum atomic E-state index is -0.121. The molecule has 3 nitrogen and oxygen atoms in total. The Bertz CT molecular complexity index is 538. The number of ketones is 1. The summed E-state index contributed by atoms with van der Waals surface area (Å²) in [6.45, 7) is 2.98. The fourth-order valence-electron chi connectivity index (χ4n) is 3.41. The quantitative estimate of drug-likeness (QED) is 0.226. The van der Waals surface area contributed by atoms with Gasteiger partial charge in [-0.1, -0.05) is 75.1 Å². The topological polar surface area (TPSA) is 35.5 Å². The molecule has 1 aromatic carbocycles. The number of carbonyl (C=O) groups is 1. The predicted octanol–water partition coefficient (Wildman–Crippen LogP) is 6.48. The van der Waals surface area contributed by atoms with Crippen molar-refractivity contribution in [3.05, 3.63) is 48.0 Å².